The van der Waals surface area contributed by atoms with Crippen LogP contribution in [0.2, 0.25) is 0 Å². The summed E-state index contributed by atoms with van der Waals surface area (Å²) in [5.74, 6) is -0.688. The summed E-state index contributed by atoms with van der Waals surface area (Å²) in [7, 11) is -3.77. The maximum Gasteiger partial charge on any atom is 0.273 e. The van der Waals surface area contributed by atoms with Gasteiger partial charge in [0.2, 0.25) is 0 Å². The first-order valence-electron chi connectivity index (χ1n) is 4.60. The predicted molar refractivity (Wildman–Crippen MR) is 63.2 cm³/mol. The van der Waals surface area contributed by atoms with Crippen molar-refractivity contribution in [3.05, 3.63) is 47.6 Å². The monoisotopic (exact) mass is 268 g/mol. The van der Waals surface area contributed by atoms with Gasteiger partial charge in [-0.1, -0.05) is 6.07 Å². The summed E-state index contributed by atoms with van der Waals surface area (Å²) >= 11 is 1.05. The second-order valence-corrected chi connectivity index (χ2v) is 5.97. The van der Waals surface area contributed by atoms with Gasteiger partial charge in [-0.3, -0.25) is 9.78 Å². The van der Waals surface area contributed by atoms with E-state index in [9.17, 15) is 13.2 Å². The van der Waals surface area contributed by atoms with Gasteiger partial charge in [-0.05, 0) is 23.6 Å². The summed E-state index contributed by atoms with van der Waals surface area (Å²) in [5, 5.41) is 1.63. The van der Waals surface area contributed by atoms with Gasteiger partial charge in [0.05, 0.1) is 5.56 Å². The quantitative estimate of drug-likeness (QED) is 0.909. The Labute approximate surface area is 102 Å². The zero-order valence-electron chi connectivity index (χ0n) is 8.53. The topological polar surface area (TPSA) is 76.1 Å². The molecule has 2 heterocycles. The summed E-state index contributed by atoms with van der Waals surface area (Å²) in [6.45, 7) is 0. The van der Waals surface area contributed by atoms with Crippen LogP contribution in [0.15, 0.2) is 46.2 Å². The Morgan fingerprint density at radius 3 is 2.71 bits per heavy atom. The predicted octanol–water partition coefficient (Wildman–Crippen LogP) is 1.26. The molecule has 0 spiro atoms. The number of nitrogens with one attached hydrogen (secondary N) is 1. The normalized spacial score (nSPS) is 11.1. The highest BCUT2D eigenvalue weighted by molar-refractivity contribution is 7.92. The Morgan fingerprint density at radius 2 is 2.12 bits per heavy atom. The van der Waals surface area contributed by atoms with Gasteiger partial charge in [0.15, 0.2) is 0 Å². The molecule has 17 heavy (non-hydrogen) atoms. The van der Waals surface area contributed by atoms with Gasteiger partial charge >= 0.3 is 0 Å². The number of hydrogen-bond donors (Lipinski definition) is 1. The molecule has 0 bridgehead atoms. The molecule has 2 rings (SSSR count). The molecule has 7 heteroatoms. The van der Waals surface area contributed by atoms with E-state index in [1.165, 1.54) is 24.5 Å². The third kappa shape index (κ3) is 2.69. The molecule has 0 aliphatic carbocycles. The number of rotatable bonds is 3. The van der Waals surface area contributed by atoms with Crippen LogP contribution in [0.4, 0.5) is 0 Å². The molecule has 0 unspecified atom stereocenters. The van der Waals surface area contributed by atoms with E-state index in [0.29, 0.717) is 0 Å². The minimum absolute atomic E-state index is 0.106. The summed E-state index contributed by atoms with van der Waals surface area (Å²) in [5.41, 5.74) is 0.202. The largest absolute Gasteiger partial charge is 0.273 e. The molecule has 0 saturated carbocycles. The number of carbonyl (C=O) groups excluding carboxylic acids is 1. The first kappa shape index (κ1) is 11.7. The molecule has 0 aromatic carbocycles. The lowest BCUT2D eigenvalue weighted by atomic mass is 10.3. The standard InChI is InChI=1S/C10H8N2O3S2/c13-10(8-3-1-5-11-7-8)12-17(14,15)9-4-2-6-16-9/h1-7H,(H,12,13). The van der Waals surface area contributed by atoms with E-state index in [-0.39, 0.29) is 9.77 Å². The molecule has 0 aliphatic heterocycles. The van der Waals surface area contributed by atoms with Gasteiger partial charge < -0.3 is 0 Å². The van der Waals surface area contributed by atoms with Gasteiger partial charge in [0.1, 0.15) is 4.21 Å². The van der Waals surface area contributed by atoms with Gasteiger partial charge in [0, 0.05) is 12.4 Å². The number of pyridine rings is 1. The van der Waals surface area contributed by atoms with Crippen molar-refractivity contribution < 1.29 is 13.2 Å². The molecule has 0 saturated heterocycles. The Balaban J connectivity index is 2.21. The number of carbonyl (C=O) groups is 1. The van der Waals surface area contributed by atoms with Crippen molar-refractivity contribution in [3.8, 4) is 0 Å². The zero-order valence-corrected chi connectivity index (χ0v) is 10.2. The van der Waals surface area contributed by atoms with Crippen LogP contribution >= 0.6 is 11.3 Å². The number of nitrogens with zero attached hydrogens (tertiary/aromatic N) is 1. The molecule has 0 radical (unpaired) electrons. The third-order valence-electron chi connectivity index (χ3n) is 1.91. The SMILES string of the molecule is O=C(NS(=O)(=O)c1cccs1)c1cccnc1. The average Bonchev–Trinajstić information content (AvgIpc) is 2.84. The maximum atomic E-state index is 11.7. The van der Waals surface area contributed by atoms with Crippen molar-refractivity contribution in [2.45, 2.75) is 4.21 Å². The highest BCUT2D eigenvalue weighted by Crippen LogP contribution is 2.15. The molecular formula is C10H8N2O3S2. The molecule has 0 aliphatic rings. The molecular weight excluding hydrogens is 260 g/mol. The first-order chi connectivity index (χ1) is 8.09. The summed E-state index contributed by atoms with van der Waals surface area (Å²) < 4.78 is 25.6. The van der Waals surface area contributed by atoms with Crippen LogP contribution < -0.4 is 4.72 Å². The number of sulfonamides is 1. The number of hydrogen-bond acceptors (Lipinski definition) is 5. The van der Waals surface area contributed by atoms with E-state index < -0.39 is 15.9 Å². The molecule has 2 aromatic rings. The second kappa shape index (κ2) is 4.64. The number of aromatic nitrogens is 1. The fraction of sp³-hybridized carbons (Fsp3) is 0. The van der Waals surface area contributed by atoms with E-state index in [1.54, 1.807) is 17.5 Å². The van der Waals surface area contributed by atoms with Gasteiger partial charge in [-0.2, -0.15) is 0 Å². The van der Waals surface area contributed by atoms with Gasteiger partial charge in [-0.25, -0.2) is 13.1 Å². The van der Waals surface area contributed by atoms with Crippen molar-refractivity contribution in [1.29, 1.82) is 0 Å². The Hall–Kier alpha value is -1.73. The lowest BCUT2D eigenvalue weighted by Crippen LogP contribution is -2.30. The Kier molecular flexibility index (Phi) is 3.21. The smallest absolute Gasteiger partial charge is 0.268 e. The zero-order chi connectivity index (χ0) is 12.3. The van der Waals surface area contributed by atoms with E-state index in [0.717, 1.165) is 11.3 Å². The lowest BCUT2D eigenvalue weighted by Gasteiger charge is -2.04. The van der Waals surface area contributed by atoms with E-state index in [1.807, 2.05) is 4.72 Å². The summed E-state index contributed by atoms with van der Waals surface area (Å²) in [6, 6.07) is 6.09. The number of thiophene rings is 1. The molecule has 5 nitrogen and oxygen atoms in total. The van der Waals surface area contributed by atoms with Crippen molar-refractivity contribution in [2.24, 2.45) is 0 Å². The van der Waals surface area contributed by atoms with Crippen LogP contribution in [0.25, 0.3) is 0 Å². The minimum Gasteiger partial charge on any atom is -0.268 e. The lowest BCUT2D eigenvalue weighted by molar-refractivity contribution is 0.0981. The highest BCUT2D eigenvalue weighted by atomic mass is 32.2. The number of amides is 1. The van der Waals surface area contributed by atoms with Crippen molar-refractivity contribution in [1.82, 2.24) is 9.71 Å². The van der Waals surface area contributed by atoms with Crippen LogP contribution in [-0.2, 0) is 10.0 Å². The molecule has 2 aromatic heterocycles. The van der Waals surface area contributed by atoms with Crippen LogP contribution in [0, 0.1) is 0 Å². The first-order valence-corrected chi connectivity index (χ1v) is 6.96. The van der Waals surface area contributed by atoms with Crippen LogP contribution in [0.1, 0.15) is 10.4 Å². The van der Waals surface area contributed by atoms with Crippen molar-refractivity contribution in [2.75, 3.05) is 0 Å². The Morgan fingerprint density at radius 1 is 1.29 bits per heavy atom. The fourth-order valence-electron chi connectivity index (χ4n) is 1.14. The van der Waals surface area contributed by atoms with Crippen LogP contribution in [0.3, 0.4) is 0 Å². The van der Waals surface area contributed by atoms with Crippen molar-refractivity contribution >= 4 is 27.3 Å². The van der Waals surface area contributed by atoms with E-state index in [2.05, 4.69) is 4.98 Å². The van der Waals surface area contributed by atoms with Gasteiger partial charge in [-0.15, -0.1) is 11.3 Å². The molecule has 1 N–H and O–H groups in total. The molecule has 88 valence electrons. The summed E-state index contributed by atoms with van der Waals surface area (Å²) in [4.78, 5) is 15.4. The van der Waals surface area contributed by atoms with Crippen molar-refractivity contribution in [3.63, 3.8) is 0 Å². The average molecular weight is 268 g/mol. The van der Waals surface area contributed by atoms with Crippen LogP contribution in [0.5, 0.6) is 0 Å². The third-order valence-corrected chi connectivity index (χ3v) is 4.64. The second-order valence-electron chi connectivity index (χ2n) is 3.11. The molecule has 0 atom stereocenters. The van der Waals surface area contributed by atoms with Crippen LogP contribution in [-0.4, -0.2) is 19.3 Å². The van der Waals surface area contributed by atoms with E-state index >= 15 is 0 Å². The Bertz CT molecular complexity index is 606. The molecule has 1 amide bonds. The highest BCUT2D eigenvalue weighted by Gasteiger charge is 2.19. The molecule has 0 fully saturated rings. The van der Waals surface area contributed by atoms with Gasteiger partial charge in [0.25, 0.3) is 15.9 Å². The summed E-state index contributed by atoms with van der Waals surface area (Å²) in [6.07, 6.45) is 2.81. The van der Waals surface area contributed by atoms with E-state index in [4.69, 9.17) is 0 Å². The fourth-order valence-corrected chi connectivity index (χ4v) is 3.11. The maximum absolute atomic E-state index is 11.7. The minimum atomic E-state index is -3.77.